The maximum absolute atomic E-state index is 12.6. The van der Waals surface area contributed by atoms with E-state index in [4.69, 9.17) is 9.47 Å². The summed E-state index contributed by atoms with van der Waals surface area (Å²) in [7, 11) is 0. The topological polar surface area (TPSA) is 65.5 Å². The first-order valence-electron chi connectivity index (χ1n) is 8.02. The van der Waals surface area contributed by atoms with E-state index in [-0.39, 0.29) is 11.1 Å². The van der Waals surface area contributed by atoms with E-state index in [9.17, 15) is 9.59 Å². The van der Waals surface area contributed by atoms with Crippen molar-refractivity contribution in [3.63, 3.8) is 0 Å². The lowest BCUT2D eigenvalue weighted by molar-refractivity contribution is 0.0496. The van der Waals surface area contributed by atoms with Gasteiger partial charge in [0.2, 0.25) is 0 Å². The summed E-state index contributed by atoms with van der Waals surface area (Å²) < 4.78 is 10.6. The highest BCUT2D eigenvalue weighted by atomic mass is 16.5. The monoisotopic (exact) mass is 335 g/mol. The Bertz CT molecular complexity index is 915. The van der Waals surface area contributed by atoms with Gasteiger partial charge in [0.1, 0.15) is 5.52 Å². The minimum atomic E-state index is -0.623. The van der Waals surface area contributed by atoms with Gasteiger partial charge in [-0.15, -0.1) is 0 Å². The van der Waals surface area contributed by atoms with Crippen LogP contribution in [0, 0.1) is 0 Å². The molecule has 0 spiro atoms. The van der Waals surface area contributed by atoms with Crippen LogP contribution in [0.5, 0.6) is 5.75 Å². The zero-order chi connectivity index (χ0) is 17.6. The minimum Gasteiger partial charge on any atom is -0.462 e. The molecular weight excluding hydrogens is 318 g/mol. The van der Waals surface area contributed by atoms with E-state index in [1.54, 1.807) is 42.6 Å². The molecule has 5 heteroatoms. The molecule has 0 atom stereocenters. The molecule has 0 aliphatic carbocycles. The van der Waals surface area contributed by atoms with Crippen LogP contribution in [-0.2, 0) is 4.74 Å². The number of benzene rings is 2. The van der Waals surface area contributed by atoms with E-state index in [1.165, 1.54) is 0 Å². The van der Waals surface area contributed by atoms with Crippen molar-refractivity contribution in [1.82, 2.24) is 4.98 Å². The highest BCUT2D eigenvalue weighted by Crippen LogP contribution is 2.24. The first-order chi connectivity index (χ1) is 12.2. The molecule has 0 N–H and O–H groups in total. The molecule has 2 aromatic carbocycles. The molecule has 0 aliphatic rings. The fraction of sp³-hybridized carbons (Fsp3) is 0.150. The van der Waals surface area contributed by atoms with Crippen LogP contribution < -0.4 is 4.74 Å². The van der Waals surface area contributed by atoms with Gasteiger partial charge >= 0.3 is 11.9 Å². The van der Waals surface area contributed by atoms with E-state index >= 15 is 0 Å². The molecule has 3 rings (SSSR count). The summed E-state index contributed by atoms with van der Waals surface area (Å²) in [6.45, 7) is 2.20. The van der Waals surface area contributed by atoms with Gasteiger partial charge in [-0.25, -0.2) is 9.59 Å². The molecule has 0 fully saturated rings. The lowest BCUT2D eigenvalue weighted by Gasteiger charge is -2.10. The summed E-state index contributed by atoms with van der Waals surface area (Å²) in [5.41, 5.74) is 0.940. The Kier molecular flexibility index (Phi) is 5.04. The van der Waals surface area contributed by atoms with Crippen LogP contribution in [-0.4, -0.2) is 23.5 Å². The smallest absolute Gasteiger partial charge is 0.344 e. The Balaban J connectivity index is 1.90. The quantitative estimate of drug-likeness (QED) is 0.520. The number of esters is 2. The van der Waals surface area contributed by atoms with Crippen molar-refractivity contribution in [2.45, 2.75) is 13.3 Å². The van der Waals surface area contributed by atoms with Gasteiger partial charge in [-0.2, -0.15) is 0 Å². The van der Waals surface area contributed by atoms with Gasteiger partial charge in [0.25, 0.3) is 0 Å². The van der Waals surface area contributed by atoms with E-state index < -0.39 is 11.9 Å². The van der Waals surface area contributed by atoms with Crippen molar-refractivity contribution < 1.29 is 19.1 Å². The number of carbonyl (C=O) groups is 2. The molecule has 0 unspecified atom stereocenters. The second-order valence-corrected chi connectivity index (χ2v) is 5.40. The molecule has 3 aromatic rings. The number of hydrogen-bond acceptors (Lipinski definition) is 5. The van der Waals surface area contributed by atoms with Crippen molar-refractivity contribution in [2.24, 2.45) is 0 Å². The highest BCUT2D eigenvalue weighted by molar-refractivity contribution is 6.04. The van der Waals surface area contributed by atoms with Crippen molar-refractivity contribution in [3.05, 3.63) is 71.9 Å². The Hall–Kier alpha value is -3.21. The highest BCUT2D eigenvalue weighted by Gasteiger charge is 2.20. The summed E-state index contributed by atoms with van der Waals surface area (Å²) in [6.07, 6.45) is 2.34. The SMILES string of the molecule is CCCOC(=O)c1ccccc1C(=O)Oc1cccc2cccnc12. The van der Waals surface area contributed by atoms with Gasteiger partial charge in [0.15, 0.2) is 5.75 Å². The van der Waals surface area contributed by atoms with E-state index in [2.05, 4.69) is 4.98 Å². The number of rotatable bonds is 5. The normalized spacial score (nSPS) is 10.4. The average molecular weight is 335 g/mol. The molecule has 126 valence electrons. The van der Waals surface area contributed by atoms with Crippen molar-refractivity contribution in [3.8, 4) is 5.75 Å². The second kappa shape index (κ2) is 7.57. The number of nitrogens with zero attached hydrogens (tertiary/aromatic N) is 1. The van der Waals surface area contributed by atoms with Gasteiger partial charge in [-0.3, -0.25) is 4.98 Å². The van der Waals surface area contributed by atoms with Crippen LogP contribution in [0.2, 0.25) is 0 Å². The van der Waals surface area contributed by atoms with E-state index in [1.807, 2.05) is 25.1 Å². The van der Waals surface area contributed by atoms with Crippen LogP contribution in [0.3, 0.4) is 0 Å². The second-order valence-electron chi connectivity index (χ2n) is 5.40. The zero-order valence-electron chi connectivity index (χ0n) is 13.8. The summed E-state index contributed by atoms with van der Waals surface area (Å²) in [5, 5.41) is 0.864. The average Bonchev–Trinajstić information content (AvgIpc) is 2.66. The Morgan fingerprint density at radius 1 is 0.920 bits per heavy atom. The number of para-hydroxylation sites is 1. The number of fused-ring (bicyclic) bond motifs is 1. The Labute approximate surface area is 145 Å². The standard InChI is InChI=1S/C20H17NO4/c1-2-13-24-19(22)15-9-3-4-10-16(15)20(23)25-17-11-5-7-14-8-6-12-21-18(14)17/h3-12H,2,13H2,1H3. The predicted octanol–water partition coefficient (Wildman–Crippen LogP) is 4.02. The lowest BCUT2D eigenvalue weighted by atomic mass is 10.1. The number of aromatic nitrogens is 1. The van der Waals surface area contributed by atoms with Crippen LogP contribution in [0.15, 0.2) is 60.8 Å². The third kappa shape index (κ3) is 3.66. The first-order valence-corrected chi connectivity index (χ1v) is 8.02. The van der Waals surface area contributed by atoms with Crippen LogP contribution in [0.1, 0.15) is 34.1 Å². The molecule has 0 aliphatic heterocycles. The van der Waals surface area contributed by atoms with Crippen molar-refractivity contribution in [2.75, 3.05) is 6.61 Å². The third-order valence-corrected chi connectivity index (χ3v) is 3.60. The molecule has 1 heterocycles. The predicted molar refractivity (Wildman–Crippen MR) is 93.7 cm³/mol. The number of hydrogen-bond donors (Lipinski definition) is 0. The largest absolute Gasteiger partial charge is 0.462 e. The van der Waals surface area contributed by atoms with Gasteiger partial charge in [-0.05, 0) is 30.7 Å². The summed E-state index contributed by atoms with van der Waals surface area (Å²) in [6, 6.07) is 15.5. The summed E-state index contributed by atoms with van der Waals surface area (Å²) in [4.78, 5) is 29.0. The molecule has 0 radical (unpaired) electrons. The van der Waals surface area contributed by atoms with Gasteiger partial charge < -0.3 is 9.47 Å². The maximum atomic E-state index is 12.6. The number of carbonyl (C=O) groups excluding carboxylic acids is 2. The first kappa shape index (κ1) is 16.6. The molecule has 0 saturated heterocycles. The fourth-order valence-corrected chi connectivity index (χ4v) is 2.43. The maximum Gasteiger partial charge on any atom is 0.344 e. The summed E-state index contributed by atoms with van der Waals surface area (Å²) >= 11 is 0. The molecule has 0 amide bonds. The molecule has 25 heavy (non-hydrogen) atoms. The van der Waals surface area contributed by atoms with Gasteiger partial charge in [-0.1, -0.05) is 37.3 Å². The minimum absolute atomic E-state index is 0.163. The zero-order valence-corrected chi connectivity index (χ0v) is 13.8. The number of pyridine rings is 1. The molecule has 5 nitrogen and oxygen atoms in total. The molecule has 1 aromatic heterocycles. The fourth-order valence-electron chi connectivity index (χ4n) is 2.43. The third-order valence-electron chi connectivity index (χ3n) is 3.60. The van der Waals surface area contributed by atoms with Crippen LogP contribution in [0.25, 0.3) is 10.9 Å². The Morgan fingerprint density at radius 2 is 1.64 bits per heavy atom. The van der Waals surface area contributed by atoms with Gasteiger partial charge in [0, 0.05) is 11.6 Å². The summed E-state index contributed by atoms with van der Waals surface area (Å²) in [5.74, 6) is -0.813. The van der Waals surface area contributed by atoms with Crippen LogP contribution >= 0.6 is 0 Å². The molecule has 0 saturated carbocycles. The lowest BCUT2D eigenvalue weighted by Crippen LogP contribution is -2.16. The number of ether oxygens (including phenoxy) is 2. The van der Waals surface area contributed by atoms with Crippen LogP contribution in [0.4, 0.5) is 0 Å². The van der Waals surface area contributed by atoms with Crippen molar-refractivity contribution in [1.29, 1.82) is 0 Å². The van der Waals surface area contributed by atoms with Gasteiger partial charge in [0.05, 0.1) is 17.7 Å². The van der Waals surface area contributed by atoms with E-state index in [0.29, 0.717) is 24.3 Å². The van der Waals surface area contributed by atoms with E-state index in [0.717, 1.165) is 5.39 Å². The molecular formula is C20H17NO4. The Morgan fingerprint density at radius 3 is 2.40 bits per heavy atom. The molecule has 0 bridgehead atoms. The van der Waals surface area contributed by atoms with Crippen molar-refractivity contribution >= 4 is 22.8 Å².